The van der Waals surface area contributed by atoms with Gasteiger partial charge in [-0.1, -0.05) is 6.92 Å². The van der Waals surface area contributed by atoms with Crippen LogP contribution in [-0.4, -0.2) is 48.2 Å². The summed E-state index contributed by atoms with van der Waals surface area (Å²) in [5.41, 5.74) is 0. The zero-order valence-electron chi connectivity index (χ0n) is 14.0. The summed E-state index contributed by atoms with van der Waals surface area (Å²) in [5.74, 6) is 5.18. The summed E-state index contributed by atoms with van der Waals surface area (Å²) >= 11 is 1.82. The van der Waals surface area contributed by atoms with Gasteiger partial charge in [-0.3, -0.25) is 0 Å². The van der Waals surface area contributed by atoms with Gasteiger partial charge in [0.2, 0.25) is 11.6 Å². The Hall–Kier alpha value is -1.67. The van der Waals surface area contributed by atoms with Crippen molar-refractivity contribution < 1.29 is 9.05 Å². The zero-order valence-corrected chi connectivity index (χ0v) is 14.8. The molecule has 0 spiro atoms. The maximum Gasteiger partial charge on any atom is 0.215 e. The van der Waals surface area contributed by atoms with E-state index < -0.39 is 0 Å². The number of rotatable bonds is 11. The zero-order chi connectivity index (χ0) is 16.5. The van der Waals surface area contributed by atoms with Crippen LogP contribution in [0.1, 0.15) is 24.9 Å². The molecule has 8 heteroatoms. The lowest BCUT2D eigenvalue weighted by molar-refractivity contribution is 0.310. The molecular weight excluding hydrogens is 314 g/mol. The quantitative estimate of drug-likeness (QED) is 0.605. The second-order valence-electron chi connectivity index (χ2n) is 5.47. The molecule has 0 amide bonds. The van der Waals surface area contributed by atoms with Crippen molar-refractivity contribution in [3.05, 3.63) is 23.7 Å². The van der Waals surface area contributed by atoms with E-state index in [-0.39, 0.29) is 0 Å². The maximum atomic E-state index is 5.78. The first-order valence-electron chi connectivity index (χ1n) is 7.79. The van der Waals surface area contributed by atoms with Gasteiger partial charge in [-0.15, -0.1) is 0 Å². The SMILES string of the molecule is CCCNc1nonc1NCCSCc1ccc(CN(C)C)o1. The Morgan fingerprint density at radius 1 is 1.09 bits per heavy atom. The van der Waals surface area contributed by atoms with Gasteiger partial charge >= 0.3 is 0 Å². The second-order valence-corrected chi connectivity index (χ2v) is 6.58. The van der Waals surface area contributed by atoms with Crippen LogP contribution < -0.4 is 10.6 Å². The minimum atomic E-state index is 0.672. The van der Waals surface area contributed by atoms with Crippen LogP contribution in [0.2, 0.25) is 0 Å². The molecule has 2 aromatic heterocycles. The Balaban J connectivity index is 1.64. The summed E-state index contributed by atoms with van der Waals surface area (Å²) in [4.78, 5) is 2.09. The van der Waals surface area contributed by atoms with Crippen LogP contribution >= 0.6 is 11.8 Å². The van der Waals surface area contributed by atoms with Gasteiger partial charge in [-0.2, -0.15) is 11.8 Å². The van der Waals surface area contributed by atoms with Crippen molar-refractivity contribution in [2.75, 3.05) is 43.6 Å². The third-order valence-corrected chi connectivity index (χ3v) is 3.98. The molecule has 2 aromatic rings. The maximum absolute atomic E-state index is 5.78. The van der Waals surface area contributed by atoms with Gasteiger partial charge in [0.15, 0.2) is 0 Å². The van der Waals surface area contributed by atoms with E-state index in [0.29, 0.717) is 11.6 Å². The fourth-order valence-corrected chi connectivity index (χ4v) is 2.72. The number of nitrogens with zero attached hydrogens (tertiary/aromatic N) is 3. The number of furan rings is 1. The molecule has 2 heterocycles. The lowest BCUT2D eigenvalue weighted by atomic mass is 10.4. The highest BCUT2D eigenvalue weighted by Gasteiger charge is 2.08. The number of aromatic nitrogens is 2. The smallest absolute Gasteiger partial charge is 0.215 e. The molecular formula is C15H25N5O2S. The van der Waals surface area contributed by atoms with Crippen LogP contribution in [0, 0.1) is 0 Å². The summed E-state index contributed by atoms with van der Waals surface area (Å²) in [6.07, 6.45) is 1.03. The highest BCUT2D eigenvalue weighted by atomic mass is 32.2. The van der Waals surface area contributed by atoms with Crippen molar-refractivity contribution in [2.24, 2.45) is 0 Å². The molecule has 2 N–H and O–H groups in total. The summed E-state index contributed by atoms with van der Waals surface area (Å²) in [6, 6.07) is 4.09. The lowest BCUT2D eigenvalue weighted by Crippen LogP contribution is -2.09. The van der Waals surface area contributed by atoms with Crippen molar-refractivity contribution >= 4 is 23.4 Å². The number of hydrogen-bond donors (Lipinski definition) is 2. The molecule has 0 aromatic carbocycles. The molecule has 0 atom stereocenters. The van der Waals surface area contributed by atoms with Gasteiger partial charge in [0, 0.05) is 18.8 Å². The second kappa shape index (κ2) is 9.46. The standard InChI is InChI=1S/C15H25N5O2S/c1-4-7-16-14-15(19-22-18-14)17-8-9-23-11-13-6-5-12(21-13)10-20(2)3/h5-6H,4,7-11H2,1-3H3,(H,16,18)(H,17,19). The predicted molar refractivity (Wildman–Crippen MR) is 93.8 cm³/mol. The fourth-order valence-electron chi connectivity index (χ4n) is 1.97. The van der Waals surface area contributed by atoms with E-state index in [9.17, 15) is 0 Å². The topological polar surface area (TPSA) is 79.4 Å². The van der Waals surface area contributed by atoms with E-state index >= 15 is 0 Å². The average molecular weight is 339 g/mol. The molecule has 0 aliphatic carbocycles. The Morgan fingerprint density at radius 2 is 1.78 bits per heavy atom. The van der Waals surface area contributed by atoms with Gasteiger partial charge in [0.25, 0.3) is 0 Å². The molecule has 23 heavy (non-hydrogen) atoms. The van der Waals surface area contributed by atoms with Crippen molar-refractivity contribution in [1.82, 2.24) is 15.2 Å². The predicted octanol–water partition coefficient (Wildman–Crippen LogP) is 2.89. The van der Waals surface area contributed by atoms with Crippen LogP contribution in [0.3, 0.4) is 0 Å². The normalized spacial score (nSPS) is 11.1. The summed E-state index contributed by atoms with van der Waals surface area (Å²) in [7, 11) is 4.07. The molecule has 0 saturated heterocycles. The van der Waals surface area contributed by atoms with Crippen molar-refractivity contribution in [3.8, 4) is 0 Å². The van der Waals surface area contributed by atoms with Crippen molar-refractivity contribution in [3.63, 3.8) is 0 Å². The molecule has 0 fully saturated rings. The Bertz CT molecular complexity index is 570. The van der Waals surface area contributed by atoms with E-state index in [1.54, 1.807) is 0 Å². The molecule has 0 aliphatic heterocycles. The number of anilines is 2. The molecule has 128 valence electrons. The van der Waals surface area contributed by atoms with E-state index in [1.165, 1.54) is 0 Å². The van der Waals surface area contributed by atoms with Crippen LogP contribution in [0.15, 0.2) is 21.2 Å². The first-order valence-corrected chi connectivity index (χ1v) is 8.95. The molecule has 0 saturated carbocycles. The molecule has 0 unspecified atom stereocenters. The third kappa shape index (κ3) is 6.15. The van der Waals surface area contributed by atoms with Crippen LogP contribution in [0.5, 0.6) is 0 Å². The monoisotopic (exact) mass is 339 g/mol. The highest BCUT2D eigenvalue weighted by Crippen LogP contribution is 2.18. The summed E-state index contributed by atoms with van der Waals surface area (Å²) < 4.78 is 10.5. The third-order valence-electron chi connectivity index (χ3n) is 3.00. The van der Waals surface area contributed by atoms with Gasteiger partial charge in [0.05, 0.1) is 12.3 Å². The molecule has 0 bridgehead atoms. The van der Waals surface area contributed by atoms with E-state index in [0.717, 1.165) is 49.1 Å². The Labute approximate surface area is 141 Å². The van der Waals surface area contributed by atoms with Gasteiger partial charge in [-0.05, 0) is 43.0 Å². The molecule has 0 radical (unpaired) electrons. The average Bonchev–Trinajstić information content (AvgIpc) is 3.13. The van der Waals surface area contributed by atoms with Gasteiger partial charge < -0.3 is 20.0 Å². The van der Waals surface area contributed by atoms with Crippen LogP contribution in [0.4, 0.5) is 11.6 Å². The van der Waals surface area contributed by atoms with Crippen LogP contribution in [0.25, 0.3) is 0 Å². The molecule has 0 aliphatic rings. The minimum absolute atomic E-state index is 0.672. The number of nitrogens with one attached hydrogen (secondary N) is 2. The number of thioether (sulfide) groups is 1. The van der Waals surface area contributed by atoms with E-state index in [1.807, 2.05) is 38.0 Å². The van der Waals surface area contributed by atoms with E-state index in [2.05, 4.69) is 32.8 Å². The van der Waals surface area contributed by atoms with Crippen molar-refractivity contribution in [2.45, 2.75) is 25.6 Å². The van der Waals surface area contributed by atoms with E-state index in [4.69, 9.17) is 9.05 Å². The Morgan fingerprint density at radius 3 is 2.48 bits per heavy atom. The lowest BCUT2D eigenvalue weighted by Gasteiger charge is -2.06. The first kappa shape index (κ1) is 17.7. The van der Waals surface area contributed by atoms with Crippen molar-refractivity contribution in [1.29, 1.82) is 0 Å². The summed E-state index contributed by atoms with van der Waals surface area (Å²) in [6.45, 7) is 4.58. The van der Waals surface area contributed by atoms with Gasteiger partial charge in [0.1, 0.15) is 11.5 Å². The summed E-state index contributed by atoms with van der Waals surface area (Å²) in [5, 5.41) is 14.1. The van der Waals surface area contributed by atoms with Gasteiger partial charge in [-0.25, -0.2) is 4.63 Å². The molecule has 2 rings (SSSR count). The Kier molecular flexibility index (Phi) is 7.28. The van der Waals surface area contributed by atoms with Crippen LogP contribution in [-0.2, 0) is 12.3 Å². The number of hydrogen-bond acceptors (Lipinski definition) is 8. The largest absolute Gasteiger partial charge is 0.464 e. The minimum Gasteiger partial charge on any atom is -0.464 e. The molecule has 7 nitrogen and oxygen atoms in total. The first-order chi connectivity index (χ1) is 11.2. The fraction of sp³-hybridized carbons (Fsp3) is 0.600. The highest BCUT2D eigenvalue weighted by molar-refractivity contribution is 7.98.